The molecule has 0 aliphatic carbocycles. The van der Waals surface area contributed by atoms with Crippen LogP contribution >= 0.6 is 11.8 Å². The van der Waals surface area contributed by atoms with Gasteiger partial charge in [-0.15, -0.1) is 11.8 Å². The normalized spacial score (nSPS) is 16.0. The molecule has 1 aromatic rings. The fraction of sp³-hybridized carbons (Fsp3) is 0.526. The molecule has 0 spiro atoms. The van der Waals surface area contributed by atoms with Crippen LogP contribution in [0.3, 0.4) is 0 Å². The summed E-state index contributed by atoms with van der Waals surface area (Å²) in [6, 6.07) is 9.55. The summed E-state index contributed by atoms with van der Waals surface area (Å²) in [6.07, 6.45) is 0.336. The van der Waals surface area contributed by atoms with Gasteiger partial charge in [-0.05, 0) is 38.8 Å². The molecule has 1 saturated heterocycles. The van der Waals surface area contributed by atoms with Crippen molar-refractivity contribution in [2.24, 2.45) is 5.92 Å². The highest BCUT2D eigenvalue weighted by molar-refractivity contribution is 8.00. The molecule has 1 unspecified atom stereocenters. The van der Waals surface area contributed by atoms with Gasteiger partial charge in [0.15, 0.2) is 6.10 Å². The summed E-state index contributed by atoms with van der Waals surface area (Å²) in [5.41, 5.74) is 0. The third-order valence-electron chi connectivity index (χ3n) is 4.18. The zero-order chi connectivity index (χ0) is 18.9. The second-order valence-corrected chi connectivity index (χ2v) is 7.13. The summed E-state index contributed by atoms with van der Waals surface area (Å²) in [7, 11) is 0. The van der Waals surface area contributed by atoms with Crippen LogP contribution in [0.2, 0.25) is 0 Å². The topological polar surface area (TPSA) is 72.9 Å². The number of piperidine rings is 1. The number of thioether (sulfide) groups is 1. The summed E-state index contributed by atoms with van der Waals surface area (Å²) in [5.74, 6) is -0.824. The number of hydrogen-bond acceptors (Lipinski definition) is 6. The average molecular weight is 379 g/mol. The van der Waals surface area contributed by atoms with Gasteiger partial charge in [0.1, 0.15) is 0 Å². The molecule has 0 bridgehead atoms. The number of amides is 1. The Balaban J connectivity index is 1.73. The molecule has 6 nitrogen and oxygen atoms in total. The summed E-state index contributed by atoms with van der Waals surface area (Å²) in [6.45, 7) is 4.69. The highest BCUT2D eigenvalue weighted by Gasteiger charge is 2.31. The third-order valence-corrected chi connectivity index (χ3v) is 5.17. The first kappa shape index (κ1) is 20.3. The van der Waals surface area contributed by atoms with E-state index in [0.29, 0.717) is 32.5 Å². The molecule has 1 fully saturated rings. The fourth-order valence-corrected chi connectivity index (χ4v) is 3.50. The largest absolute Gasteiger partial charge is 0.466 e. The van der Waals surface area contributed by atoms with E-state index in [1.165, 1.54) is 11.8 Å². The van der Waals surface area contributed by atoms with E-state index in [9.17, 15) is 14.4 Å². The number of hydrogen-bond donors (Lipinski definition) is 0. The molecule has 1 atom stereocenters. The molecule has 1 aromatic carbocycles. The molecule has 1 aliphatic heterocycles. The molecule has 7 heteroatoms. The zero-order valence-electron chi connectivity index (χ0n) is 15.2. The van der Waals surface area contributed by atoms with Crippen molar-refractivity contribution in [2.75, 3.05) is 25.4 Å². The molecule has 0 radical (unpaired) electrons. The highest BCUT2D eigenvalue weighted by Crippen LogP contribution is 2.20. The summed E-state index contributed by atoms with van der Waals surface area (Å²) >= 11 is 1.38. The highest BCUT2D eigenvalue weighted by atomic mass is 32.2. The summed E-state index contributed by atoms with van der Waals surface area (Å²) in [5, 5.41) is 0. The number of nitrogens with zero attached hydrogens (tertiary/aromatic N) is 1. The van der Waals surface area contributed by atoms with E-state index in [0.717, 1.165) is 4.90 Å². The van der Waals surface area contributed by atoms with Crippen LogP contribution in [-0.2, 0) is 23.9 Å². The van der Waals surface area contributed by atoms with E-state index in [1.54, 1.807) is 18.7 Å². The quantitative estimate of drug-likeness (QED) is 0.535. The standard InChI is InChI=1S/C19H25NO5S/c1-3-24-19(23)15-9-11-20(12-10-15)18(22)14(2)25-17(21)13-26-16-7-5-4-6-8-16/h4-8,14-15H,3,9-13H2,1-2H3. The Hall–Kier alpha value is -2.02. The van der Waals surface area contributed by atoms with Crippen molar-refractivity contribution < 1.29 is 23.9 Å². The van der Waals surface area contributed by atoms with Crippen molar-refractivity contribution in [3.05, 3.63) is 30.3 Å². The van der Waals surface area contributed by atoms with E-state index >= 15 is 0 Å². The van der Waals surface area contributed by atoms with Gasteiger partial charge >= 0.3 is 11.9 Å². The Morgan fingerprint density at radius 1 is 1.19 bits per heavy atom. The number of rotatable bonds is 7. The maximum Gasteiger partial charge on any atom is 0.317 e. The first-order chi connectivity index (χ1) is 12.5. The van der Waals surface area contributed by atoms with Gasteiger partial charge in [-0.3, -0.25) is 14.4 Å². The molecule has 26 heavy (non-hydrogen) atoms. The number of likely N-dealkylation sites (tertiary alicyclic amines) is 1. The first-order valence-electron chi connectivity index (χ1n) is 8.84. The van der Waals surface area contributed by atoms with E-state index in [1.807, 2.05) is 30.3 Å². The van der Waals surface area contributed by atoms with Gasteiger partial charge in [-0.25, -0.2) is 0 Å². The predicted octanol–water partition coefficient (Wildman–Crippen LogP) is 2.51. The molecule has 0 N–H and O–H groups in total. The number of benzene rings is 1. The molecular weight excluding hydrogens is 354 g/mol. The minimum absolute atomic E-state index is 0.154. The van der Waals surface area contributed by atoms with Crippen molar-refractivity contribution in [2.45, 2.75) is 37.7 Å². The Morgan fingerprint density at radius 2 is 1.85 bits per heavy atom. The lowest BCUT2D eigenvalue weighted by Gasteiger charge is -2.32. The molecule has 2 rings (SSSR count). The van der Waals surface area contributed by atoms with Gasteiger partial charge in [-0.1, -0.05) is 18.2 Å². The minimum Gasteiger partial charge on any atom is -0.466 e. The van der Waals surface area contributed by atoms with Gasteiger partial charge in [0.05, 0.1) is 18.3 Å². The number of carbonyl (C=O) groups is 3. The monoisotopic (exact) mass is 379 g/mol. The molecule has 1 aliphatic rings. The van der Waals surface area contributed by atoms with Crippen LogP contribution in [0.15, 0.2) is 35.2 Å². The Labute approximate surface area is 158 Å². The second kappa shape index (κ2) is 10.2. The Morgan fingerprint density at radius 3 is 2.46 bits per heavy atom. The maximum absolute atomic E-state index is 12.4. The smallest absolute Gasteiger partial charge is 0.317 e. The lowest BCUT2D eigenvalue weighted by atomic mass is 9.97. The van der Waals surface area contributed by atoms with Crippen molar-refractivity contribution in [3.63, 3.8) is 0 Å². The van der Waals surface area contributed by atoms with Crippen LogP contribution in [-0.4, -0.2) is 54.3 Å². The average Bonchev–Trinajstić information content (AvgIpc) is 2.67. The van der Waals surface area contributed by atoms with Gasteiger partial charge in [0.25, 0.3) is 5.91 Å². The number of carbonyl (C=O) groups excluding carboxylic acids is 3. The number of esters is 2. The van der Waals surface area contributed by atoms with Crippen molar-refractivity contribution in [3.8, 4) is 0 Å². The van der Waals surface area contributed by atoms with E-state index in [-0.39, 0.29) is 23.5 Å². The van der Waals surface area contributed by atoms with Crippen LogP contribution in [0.4, 0.5) is 0 Å². The van der Waals surface area contributed by atoms with Gasteiger partial charge in [0.2, 0.25) is 0 Å². The van der Waals surface area contributed by atoms with E-state index in [2.05, 4.69) is 0 Å². The minimum atomic E-state index is -0.821. The van der Waals surface area contributed by atoms with Gasteiger partial charge in [0, 0.05) is 18.0 Å². The zero-order valence-corrected chi connectivity index (χ0v) is 16.0. The molecule has 0 saturated carbocycles. The molecule has 0 aromatic heterocycles. The van der Waals surface area contributed by atoms with Gasteiger partial charge in [-0.2, -0.15) is 0 Å². The van der Waals surface area contributed by atoms with Crippen LogP contribution in [0.1, 0.15) is 26.7 Å². The lowest BCUT2D eigenvalue weighted by molar-refractivity contribution is -0.159. The molecular formula is C19H25NO5S. The molecule has 1 amide bonds. The molecule has 1 heterocycles. The second-order valence-electron chi connectivity index (χ2n) is 6.09. The Kier molecular flexibility index (Phi) is 7.97. The third kappa shape index (κ3) is 6.05. The van der Waals surface area contributed by atoms with Crippen LogP contribution in [0, 0.1) is 5.92 Å². The van der Waals surface area contributed by atoms with Crippen LogP contribution in [0.25, 0.3) is 0 Å². The number of ether oxygens (including phenoxy) is 2. The summed E-state index contributed by atoms with van der Waals surface area (Å²) in [4.78, 5) is 38.8. The van der Waals surface area contributed by atoms with Gasteiger partial charge < -0.3 is 14.4 Å². The van der Waals surface area contributed by atoms with E-state index < -0.39 is 12.1 Å². The maximum atomic E-state index is 12.4. The summed E-state index contributed by atoms with van der Waals surface area (Å²) < 4.78 is 10.3. The van der Waals surface area contributed by atoms with Crippen LogP contribution in [0.5, 0.6) is 0 Å². The van der Waals surface area contributed by atoms with Crippen molar-refractivity contribution in [1.29, 1.82) is 0 Å². The fourth-order valence-electron chi connectivity index (χ4n) is 2.79. The lowest BCUT2D eigenvalue weighted by Crippen LogP contribution is -2.45. The van der Waals surface area contributed by atoms with Crippen molar-refractivity contribution in [1.82, 2.24) is 4.90 Å². The van der Waals surface area contributed by atoms with Crippen LogP contribution < -0.4 is 0 Å². The van der Waals surface area contributed by atoms with Crippen molar-refractivity contribution >= 4 is 29.6 Å². The SMILES string of the molecule is CCOC(=O)C1CCN(C(=O)C(C)OC(=O)CSc2ccccc2)CC1. The Bertz CT molecular complexity index is 614. The first-order valence-corrected chi connectivity index (χ1v) is 9.82. The predicted molar refractivity (Wildman–Crippen MR) is 98.7 cm³/mol. The molecule has 142 valence electrons. The van der Waals surface area contributed by atoms with E-state index in [4.69, 9.17) is 9.47 Å².